The van der Waals surface area contributed by atoms with Gasteiger partial charge in [-0.05, 0) is 42.5 Å². The van der Waals surface area contributed by atoms with Crippen LogP contribution in [0.15, 0.2) is 48.5 Å². The van der Waals surface area contributed by atoms with Crippen molar-refractivity contribution in [3.05, 3.63) is 53.7 Å². The van der Waals surface area contributed by atoms with Crippen molar-refractivity contribution >= 4 is 11.6 Å². The van der Waals surface area contributed by atoms with Gasteiger partial charge in [-0.25, -0.2) is 9.97 Å². The van der Waals surface area contributed by atoms with Gasteiger partial charge in [0.25, 0.3) is 0 Å². The first-order valence-electron chi connectivity index (χ1n) is 7.56. The van der Waals surface area contributed by atoms with E-state index in [9.17, 15) is 0 Å². The first-order valence-corrected chi connectivity index (χ1v) is 7.94. The van der Waals surface area contributed by atoms with Crippen LogP contribution in [0, 0.1) is 0 Å². The van der Waals surface area contributed by atoms with E-state index in [2.05, 4.69) is 9.97 Å². The van der Waals surface area contributed by atoms with Crippen molar-refractivity contribution in [1.29, 1.82) is 0 Å². The van der Waals surface area contributed by atoms with Crippen molar-refractivity contribution in [3.8, 4) is 39.9 Å². The van der Waals surface area contributed by atoms with E-state index in [0.29, 0.717) is 28.2 Å². The number of halogens is 1. The minimum absolute atomic E-state index is 0.366. The topological polar surface area (TPSA) is 53.5 Å². The summed E-state index contributed by atoms with van der Waals surface area (Å²) < 4.78 is 15.8. The molecular weight excluding hydrogens is 340 g/mol. The summed E-state index contributed by atoms with van der Waals surface area (Å²) in [4.78, 5) is 8.95. The lowest BCUT2D eigenvalue weighted by Gasteiger charge is -2.10. The van der Waals surface area contributed by atoms with Crippen LogP contribution in [-0.4, -0.2) is 31.3 Å². The molecule has 5 nitrogen and oxygen atoms in total. The number of benzene rings is 2. The van der Waals surface area contributed by atoms with E-state index in [1.165, 1.54) is 0 Å². The lowest BCUT2D eigenvalue weighted by molar-refractivity contribution is 0.355. The quantitative estimate of drug-likeness (QED) is 0.630. The number of hydrogen-bond acceptors (Lipinski definition) is 5. The highest BCUT2D eigenvalue weighted by molar-refractivity contribution is 6.29. The van der Waals surface area contributed by atoms with Gasteiger partial charge in [0.15, 0.2) is 17.3 Å². The van der Waals surface area contributed by atoms with Crippen LogP contribution in [0.4, 0.5) is 0 Å². The van der Waals surface area contributed by atoms with Crippen LogP contribution in [0.25, 0.3) is 22.6 Å². The van der Waals surface area contributed by atoms with Crippen LogP contribution < -0.4 is 14.2 Å². The van der Waals surface area contributed by atoms with E-state index < -0.39 is 0 Å². The molecule has 0 aliphatic heterocycles. The summed E-state index contributed by atoms with van der Waals surface area (Å²) in [5.41, 5.74) is 2.41. The molecular formula is C19H17ClN2O3. The lowest BCUT2D eigenvalue weighted by Crippen LogP contribution is -1.95. The number of ether oxygens (including phenoxy) is 3. The Labute approximate surface area is 151 Å². The molecule has 0 aliphatic carbocycles. The minimum atomic E-state index is 0.366. The van der Waals surface area contributed by atoms with Gasteiger partial charge in [-0.2, -0.15) is 0 Å². The molecule has 0 saturated heterocycles. The molecule has 128 valence electrons. The normalized spacial score (nSPS) is 10.4. The Hall–Kier alpha value is -2.79. The van der Waals surface area contributed by atoms with Gasteiger partial charge in [0, 0.05) is 17.2 Å². The van der Waals surface area contributed by atoms with E-state index >= 15 is 0 Å². The van der Waals surface area contributed by atoms with E-state index in [1.807, 2.05) is 42.5 Å². The Morgan fingerprint density at radius 3 is 2.04 bits per heavy atom. The summed E-state index contributed by atoms with van der Waals surface area (Å²) in [6.45, 7) is 0. The van der Waals surface area contributed by atoms with Gasteiger partial charge in [-0.1, -0.05) is 11.6 Å². The number of methoxy groups -OCH3 is 3. The maximum atomic E-state index is 6.21. The molecule has 3 rings (SSSR count). The van der Waals surface area contributed by atoms with Crippen LogP contribution in [0.2, 0.25) is 5.15 Å². The van der Waals surface area contributed by atoms with Crippen molar-refractivity contribution in [2.45, 2.75) is 0 Å². The molecule has 0 radical (unpaired) electrons. The van der Waals surface area contributed by atoms with Gasteiger partial charge in [-0.15, -0.1) is 0 Å². The molecule has 6 heteroatoms. The molecule has 1 aromatic heterocycles. The second-order valence-electron chi connectivity index (χ2n) is 5.20. The van der Waals surface area contributed by atoms with Crippen molar-refractivity contribution in [2.24, 2.45) is 0 Å². The number of rotatable bonds is 5. The fraction of sp³-hybridized carbons (Fsp3) is 0.158. The molecule has 3 aromatic rings. The largest absolute Gasteiger partial charge is 0.497 e. The highest BCUT2D eigenvalue weighted by atomic mass is 35.5. The van der Waals surface area contributed by atoms with Gasteiger partial charge >= 0.3 is 0 Å². The molecule has 0 amide bonds. The van der Waals surface area contributed by atoms with Crippen molar-refractivity contribution in [1.82, 2.24) is 9.97 Å². The average molecular weight is 357 g/mol. The van der Waals surface area contributed by atoms with Crippen LogP contribution in [0.3, 0.4) is 0 Å². The van der Waals surface area contributed by atoms with Gasteiger partial charge < -0.3 is 14.2 Å². The first-order chi connectivity index (χ1) is 12.1. The van der Waals surface area contributed by atoms with E-state index in [4.69, 9.17) is 25.8 Å². The SMILES string of the molecule is COc1ccc(-c2nc(Cl)cc(-c3ccc(OC)c(OC)c3)n2)cc1. The average Bonchev–Trinajstić information content (AvgIpc) is 2.67. The predicted octanol–water partition coefficient (Wildman–Crippen LogP) is 4.49. The Morgan fingerprint density at radius 1 is 0.720 bits per heavy atom. The van der Waals surface area contributed by atoms with Gasteiger partial charge in [0.2, 0.25) is 0 Å². The van der Waals surface area contributed by atoms with Crippen LogP contribution in [0.1, 0.15) is 0 Å². The fourth-order valence-corrected chi connectivity index (χ4v) is 2.61. The zero-order valence-electron chi connectivity index (χ0n) is 14.1. The zero-order chi connectivity index (χ0) is 17.8. The molecule has 1 heterocycles. The summed E-state index contributed by atoms with van der Waals surface area (Å²) in [6, 6.07) is 14.8. The standard InChI is InChI=1S/C19H17ClN2O3/c1-23-14-7-4-12(5-8-14)19-21-15(11-18(20)22-19)13-6-9-16(24-2)17(10-13)25-3/h4-11H,1-3H3. The molecule has 0 atom stereocenters. The summed E-state index contributed by atoms with van der Waals surface area (Å²) in [5.74, 6) is 2.59. The second-order valence-corrected chi connectivity index (χ2v) is 5.59. The molecule has 0 unspecified atom stereocenters. The molecule has 25 heavy (non-hydrogen) atoms. The second kappa shape index (κ2) is 7.40. The number of nitrogens with zero attached hydrogens (tertiary/aromatic N) is 2. The Balaban J connectivity index is 2.04. The van der Waals surface area contributed by atoms with E-state index in [-0.39, 0.29) is 0 Å². The molecule has 0 spiro atoms. The Bertz CT molecular complexity index is 882. The lowest BCUT2D eigenvalue weighted by atomic mass is 10.1. The first kappa shape index (κ1) is 17.0. The van der Waals surface area contributed by atoms with Gasteiger partial charge in [-0.3, -0.25) is 0 Å². The Morgan fingerprint density at radius 2 is 1.40 bits per heavy atom. The van der Waals surface area contributed by atoms with Crippen molar-refractivity contribution in [3.63, 3.8) is 0 Å². The zero-order valence-corrected chi connectivity index (χ0v) is 14.9. The molecule has 0 saturated carbocycles. The maximum absolute atomic E-state index is 6.21. The monoisotopic (exact) mass is 356 g/mol. The summed E-state index contributed by atoms with van der Waals surface area (Å²) in [7, 11) is 4.82. The van der Waals surface area contributed by atoms with Gasteiger partial charge in [0.1, 0.15) is 10.9 Å². The van der Waals surface area contributed by atoms with Gasteiger partial charge in [0.05, 0.1) is 27.0 Å². The third-order valence-corrected chi connectivity index (χ3v) is 3.92. The summed E-state index contributed by atoms with van der Waals surface area (Å²) in [5, 5.41) is 0.366. The number of aromatic nitrogens is 2. The molecule has 0 bridgehead atoms. The summed E-state index contributed by atoms with van der Waals surface area (Å²) in [6.07, 6.45) is 0. The molecule has 2 aromatic carbocycles. The number of hydrogen-bond donors (Lipinski definition) is 0. The van der Waals surface area contributed by atoms with E-state index in [1.54, 1.807) is 27.4 Å². The van der Waals surface area contributed by atoms with E-state index in [0.717, 1.165) is 16.9 Å². The molecule has 0 aliphatic rings. The smallest absolute Gasteiger partial charge is 0.161 e. The Kier molecular flexibility index (Phi) is 5.05. The van der Waals surface area contributed by atoms with Crippen LogP contribution in [-0.2, 0) is 0 Å². The highest BCUT2D eigenvalue weighted by Crippen LogP contribution is 2.33. The van der Waals surface area contributed by atoms with Crippen molar-refractivity contribution < 1.29 is 14.2 Å². The summed E-state index contributed by atoms with van der Waals surface area (Å²) >= 11 is 6.21. The fourth-order valence-electron chi connectivity index (χ4n) is 2.43. The predicted molar refractivity (Wildman–Crippen MR) is 97.6 cm³/mol. The van der Waals surface area contributed by atoms with Crippen LogP contribution in [0.5, 0.6) is 17.2 Å². The third kappa shape index (κ3) is 3.67. The highest BCUT2D eigenvalue weighted by Gasteiger charge is 2.11. The molecule has 0 N–H and O–H groups in total. The maximum Gasteiger partial charge on any atom is 0.161 e. The van der Waals surface area contributed by atoms with Crippen molar-refractivity contribution in [2.75, 3.05) is 21.3 Å². The minimum Gasteiger partial charge on any atom is -0.497 e. The molecule has 0 fully saturated rings. The third-order valence-electron chi connectivity index (χ3n) is 3.72. The van der Waals surface area contributed by atoms with Crippen LogP contribution >= 0.6 is 11.6 Å².